The molecular formula is C28H26N4O2. The highest BCUT2D eigenvalue weighted by Crippen LogP contribution is 2.24. The third-order valence-electron chi connectivity index (χ3n) is 5.50. The molecule has 0 aliphatic rings. The molecule has 0 saturated heterocycles. The molecule has 2 N–H and O–H groups in total. The molecule has 6 nitrogen and oxygen atoms in total. The van der Waals surface area contributed by atoms with Crippen LogP contribution in [0.5, 0.6) is 0 Å². The van der Waals surface area contributed by atoms with E-state index < -0.39 is 0 Å². The number of hydrogen-bond donors (Lipinski definition) is 2. The third kappa shape index (κ3) is 5.30. The number of aromatic nitrogens is 2. The number of carbonyl (C=O) groups is 2. The molecule has 170 valence electrons. The third-order valence-corrected chi connectivity index (χ3v) is 5.50. The van der Waals surface area contributed by atoms with Gasteiger partial charge in [0.15, 0.2) is 0 Å². The minimum Gasteiger partial charge on any atom is -0.355 e. The zero-order valence-corrected chi connectivity index (χ0v) is 19.2. The van der Waals surface area contributed by atoms with Crippen LogP contribution in [0.4, 0.5) is 5.69 Å². The molecular weight excluding hydrogens is 424 g/mol. The van der Waals surface area contributed by atoms with Gasteiger partial charge in [0.05, 0.1) is 12.2 Å². The maximum absolute atomic E-state index is 12.7. The zero-order valence-electron chi connectivity index (χ0n) is 19.2. The lowest BCUT2D eigenvalue weighted by Gasteiger charge is -2.10. The minimum atomic E-state index is -0.285. The fourth-order valence-corrected chi connectivity index (χ4v) is 3.72. The van der Waals surface area contributed by atoms with E-state index in [0.717, 1.165) is 22.4 Å². The summed E-state index contributed by atoms with van der Waals surface area (Å²) in [7, 11) is 1.58. The van der Waals surface area contributed by atoms with E-state index in [4.69, 9.17) is 5.10 Å². The summed E-state index contributed by atoms with van der Waals surface area (Å²) < 4.78 is 1.88. The fourth-order valence-electron chi connectivity index (χ4n) is 3.72. The van der Waals surface area contributed by atoms with Crippen LogP contribution in [0.1, 0.15) is 27.0 Å². The monoisotopic (exact) mass is 450 g/mol. The van der Waals surface area contributed by atoms with Gasteiger partial charge in [0.2, 0.25) is 5.91 Å². The first-order valence-corrected chi connectivity index (χ1v) is 11.0. The van der Waals surface area contributed by atoms with Gasteiger partial charge in [0, 0.05) is 41.7 Å². The van der Waals surface area contributed by atoms with Crippen LogP contribution < -0.4 is 10.6 Å². The standard InChI is InChI=1S/C28H26N4O2/c1-20-24(28(34)29-2)14-9-15-25(20)30-26(33)17-16-23-19-32(18-21-10-5-3-6-11-21)31-27(23)22-12-7-4-8-13-22/h3-17,19H,18H2,1-2H3,(H,29,34)(H,30,33). The zero-order chi connectivity index (χ0) is 23.9. The Labute approximate surface area is 198 Å². The molecule has 1 heterocycles. The van der Waals surface area contributed by atoms with Crippen LogP contribution in [-0.4, -0.2) is 28.6 Å². The van der Waals surface area contributed by atoms with Crippen molar-refractivity contribution >= 4 is 23.6 Å². The highest BCUT2D eigenvalue weighted by atomic mass is 16.2. The van der Waals surface area contributed by atoms with E-state index in [2.05, 4.69) is 22.8 Å². The van der Waals surface area contributed by atoms with Gasteiger partial charge in [-0.25, -0.2) is 0 Å². The molecule has 34 heavy (non-hydrogen) atoms. The molecule has 0 aliphatic heterocycles. The molecule has 0 aliphatic carbocycles. The molecule has 0 atom stereocenters. The van der Waals surface area contributed by atoms with Crippen molar-refractivity contribution in [2.75, 3.05) is 12.4 Å². The van der Waals surface area contributed by atoms with Gasteiger partial charge in [-0.05, 0) is 36.3 Å². The number of amides is 2. The molecule has 0 saturated carbocycles. The summed E-state index contributed by atoms with van der Waals surface area (Å²) in [5, 5.41) is 10.3. The summed E-state index contributed by atoms with van der Waals surface area (Å²) in [5.74, 6) is -0.477. The van der Waals surface area contributed by atoms with E-state index in [0.29, 0.717) is 23.4 Å². The van der Waals surface area contributed by atoms with Crippen molar-refractivity contribution in [2.24, 2.45) is 0 Å². The Hall–Kier alpha value is -4.45. The van der Waals surface area contributed by atoms with Crippen LogP contribution >= 0.6 is 0 Å². The maximum atomic E-state index is 12.7. The van der Waals surface area contributed by atoms with Gasteiger partial charge >= 0.3 is 0 Å². The van der Waals surface area contributed by atoms with E-state index in [-0.39, 0.29) is 11.8 Å². The summed E-state index contributed by atoms with van der Waals surface area (Å²) in [6.07, 6.45) is 5.20. The predicted molar refractivity (Wildman–Crippen MR) is 135 cm³/mol. The molecule has 0 radical (unpaired) electrons. The van der Waals surface area contributed by atoms with Crippen molar-refractivity contribution in [3.05, 3.63) is 113 Å². The molecule has 4 aromatic rings. The lowest BCUT2D eigenvalue weighted by molar-refractivity contribution is -0.111. The summed E-state index contributed by atoms with van der Waals surface area (Å²) in [4.78, 5) is 24.8. The Morgan fingerprint density at radius 3 is 2.35 bits per heavy atom. The highest BCUT2D eigenvalue weighted by molar-refractivity contribution is 6.04. The van der Waals surface area contributed by atoms with Crippen LogP contribution in [0, 0.1) is 6.92 Å². The molecule has 4 rings (SSSR count). The number of nitrogens with one attached hydrogen (secondary N) is 2. The molecule has 6 heteroatoms. The minimum absolute atomic E-state index is 0.192. The first-order chi connectivity index (χ1) is 16.5. The highest BCUT2D eigenvalue weighted by Gasteiger charge is 2.12. The lowest BCUT2D eigenvalue weighted by Crippen LogP contribution is -2.20. The summed E-state index contributed by atoms with van der Waals surface area (Å²) in [6, 6.07) is 25.3. The van der Waals surface area contributed by atoms with Crippen LogP contribution in [-0.2, 0) is 11.3 Å². The largest absolute Gasteiger partial charge is 0.355 e. The Morgan fingerprint density at radius 1 is 0.941 bits per heavy atom. The van der Waals surface area contributed by atoms with Gasteiger partial charge in [-0.2, -0.15) is 5.10 Å². The van der Waals surface area contributed by atoms with E-state index in [1.165, 1.54) is 6.08 Å². The van der Waals surface area contributed by atoms with Gasteiger partial charge in [0.1, 0.15) is 0 Å². The number of nitrogens with zero attached hydrogens (tertiary/aromatic N) is 2. The summed E-state index contributed by atoms with van der Waals surface area (Å²) >= 11 is 0. The molecule has 0 spiro atoms. The van der Waals surface area contributed by atoms with E-state index in [1.54, 1.807) is 31.3 Å². The van der Waals surface area contributed by atoms with Gasteiger partial charge in [-0.15, -0.1) is 0 Å². The van der Waals surface area contributed by atoms with E-state index in [1.807, 2.05) is 66.3 Å². The van der Waals surface area contributed by atoms with Crippen molar-refractivity contribution in [3.63, 3.8) is 0 Å². The van der Waals surface area contributed by atoms with Crippen molar-refractivity contribution in [2.45, 2.75) is 13.5 Å². The first kappa shape index (κ1) is 22.7. The predicted octanol–water partition coefficient (Wildman–Crippen LogP) is 4.92. The van der Waals surface area contributed by atoms with Crippen molar-refractivity contribution < 1.29 is 9.59 Å². The molecule has 0 unspecified atom stereocenters. The second kappa shape index (κ2) is 10.4. The quantitative estimate of drug-likeness (QED) is 0.393. The second-order valence-electron chi connectivity index (χ2n) is 7.86. The van der Waals surface area contributed by atoms with Gasteiger partial charge in [-0.1, -0.05) is 66.7 Å². The molecule has 1 aromatic heterocycles. The average Bonchev–Trinajstić information content (AvgIpc) is 3.27. The van der Waals surface area contributed by atoms with Crippen LogP contribution in [0.15, 0.2) is 91.1 Å². The molecule has 0 fully saturated rings. The van der Waals surface area contributed by atoms with E-state index >= 15 is 0 Å². The summed E-state index contributed by atoms with van der Waals surface area (Å²) in [6.45, 7) is 2.44. The molecule has 0 bridgehead atoms. The number of anilines is 1. The van der Waals surface area contributed by atoms with Crippen molar-refractivity contribution in [3.8, 4) is 11.3 Å². The van der Waals surface area contributed by atoms with Gasteiger partial charge in [-0.3, -0.25) is 14.3 Å². The van der Waals surface area contributed by atoms with Crippen LogP contribution in [0.2, 0.25) is 0 Å². The number of rotatable bonds is 7. The smallest absolute Gasteiger partial charge is 0.251 e. The SMILES string of the molecule is CNC(=O)c1cccc(NC(=O)C=Cc2cn(Cc3ccccc3)nc2-c2ccccc2)c1C. The van der Waals surface area contributed by atoms with Crippen LogP contribution in [0.3, 0.4) is 0 Å². The molecule has 2 amide bonds. The Morgan fingerprint density at radius 2 is 1.65 bits per heavy atom. The van der Waals surface area contributed by atoms with Gasteiger partial charge in [0.25, 0.3) is 5.91 Å². The van der Waals surface area contributed by atoms with Gasteiger partial charge < -0.3 is 10.6 Å². The normalized spacial score (nSPS) is 10.9. The second-order valence-corrected chi connectivity index (χ2v) is 7.86. The average molecular weight is 451 g/mol. The van der Waals surface area contributed by atoms with Crippen LogP contribution in [0.25, 0.3) is 17.3 Å². The Kier molecular flexibility index (Phi) is 6.98. The number of benzene rings is 3. The molecule has 3 aromatic carbocycles. The topological polar surface area (TPSA) is 76.0 Å². The summed E-state index contributed by atoms with van der Waals surface area (Å²) in [5.41, 5.74) is 5.60. The lowest BCUT2D eigenvalue weighted by atomic mass is 10.1. The first-order valence-electron chi connectivity index (χ1n) is 11.0. The Balaban J connectivity index is 1.58. The van der Waals surface area contributed by atoms with Crippen molar-refractivity contribution in [1.29, 1.82) is 0 Å². The number of carbonyl (C=O) groups excluding carboxylic acids is 2. The maximum Gasteiger partial charge on any atom is 0.251 e. The van der Waals surface area contributed by atoms with E-state index in [9.17, 15) is 9.59 Å². The Bertz CT molecular complexity index is 1330. The number of hydrogen-bond acceptors (Lipinski definition) is 3. The van der Waals surface area contributed by atoms with Crippen molar-refractivity contribution in [1.82, 2.24) is 15.1 Å². The fraction of sp³-hybridized carbons (Fsp3) is 0.107.